The SMILES string of the molecule is CN=C(NCc1ccc(C(=O)NC)cc1)N(C)Cc1ccc(Br)cc1. The molecular formula is C19H23BrN4O. The van der Waals surface area contributed by atoms with Gasteiger partial charge < -0.3 is 15.5 Å². The molecule has 0 aliphatic heterocycles. The highest BCUT2D eigenvalue weighted by Gasteiger charge is 2.07. The summed E-state index contributed by atoms with van der Waals surface area (Å²) < 4.78 is 1.07. The van der Waals surface area contributed by atoms with Crippen molar-refractivity contribution in [3.8, 4) is 0 Å². The molecule has 2 aromatic carbocycles. The number of rotatable bonds is 5. The van der Waals surface area contributed by atoms with Crippen LogP contribution in [0.4, 0.5) is 0 Å². The Kier molecular flexibility index (Phi) is 7.01. The number of benzene rings is 2. The zero-order valence-electron chi connectivity index (χ0n) is 14.7. The Morgan fingerprint density at radius 1 is 1.08 bits per heavy atom. The number of aliphatic imine (C=N–C) groups is 1. The van der Waals surface area contributed by atoms with Gasteiger partial charge in [0.2, 0.25) is 0 Å². The van der Waals surface area contributed by atoms with Gasteiger partial charge in [0.05, 0.1) is 0 Å². The standard InChI is InChI=1S/C19H23BrN4O/c1-21-18(25)16-8-4-14(5-9-16)12-23-19(22-2)24(3)13-15-6-10-17(20)11-7-15/h4-11H,12-13H2,1-3H3,(H,21,25)(H,22,23). The quantitative estimate of drug-likeness (QED) is 0.596. The minimum Gasteiger partial charge on any atom is -0.355 e. The van der Waals surface area contributed by atoms with E-state index in [1.807, 2.05) is 43.4 Å². The zero-order valence-corrected chi connectivity index (χ0v) is 16.3. The van der Waals surface area contributed by atoms with Crippen LogP contribution in [0.1, 0.15) is 21.5 Å². The average Bonchev–Trinajstić information content (AvgIpc) is 2.64. The molecule has 2 N–H and O–H groups in total. The second kappa shape index (κ2) is 9.22. The molecule has 0 atom stereocenters. The molecule has 5 nitrogen and oxygen atoms in total. The molecule has 0 saturated carbocycles. The maximum atomic E-state index is 11.6. The highest BCUT2D eigenvalue weighted by molar-refractivity contribution is 9.10. The van der Waals surface area contributed by atoms with Crippen molar-refractivity contribution in [2.75, 3.05) is 21.1 Å². The molecule has 0 radical (unpaired) electrons. The van der Waals surface area contributed by atoms with Gasteiger partial charge in [0.15, 0.2) is 5.96 Å². The van der Waals surface area contributed by atoms with Crippen molar-refractivity contribution < 1.29 is 4.79 Å². The van der Waals surface area contributed by atoms with Gasteiger partial charge in [0, 0.05) is 44.3 Å². The van der Waals surface area contributed by atoms with Crippen LogP contribution in [0.25, 0.3) is 0 Å². The summed E-state index contributed by atoms with van der Waals surface area (Å²) in [5, 5.41) is 5.96. The second-order valence-electron chi connectivity index (χ2n) is 5.66. The van der Waals surface area contributed by atoms with Crippen molar-refractivity contribution in [1.29, 1.82) is 0 Å². The van der Waals surface area contributed by atoms with Crippen LogP contribution >= 0.6 is 15.9 Å². The molecule has 0 aliphatic rings. The number of carbonyl (C=O) groups excluding carboxylic acids is 1. The molecule has 6 heteroatoms. The number of halogens is 1. The van der Waals surface area contributed by atoms with Crippen LogP contribution in [-0.2, 0) is 13.1 Å². The number of guanidine groups is 1. The molecule has 1 amide bonds. The zero-order chi connectivity index (χ0) is 18.2. The Labute approximate surface area is 157 Å². The summed E-state index contributed by atoms with van der Waals surface area (Å²) in [5.74, 6) is 0.739. The first-order valence-corrected chi connectivity index (χ1v) is 8.80. The lowest BCUT2D eigenvalue weighted by atomic mass is 10.1. The molecule has 0 spiro atoms. The summed E-state index contributed by atoms with van der Waals surface area (Å²) in [6.45, 7) is 1.41. The van der Waals surface area contributed by atoms with Crippen molar-refractivity contribution >= 4 is 27.8 Å². The maximum absolute atomic E-state index is 11.6. The third-order valence-electron chi connectivity index (χ3n) is 3.80. The molecule has 132 valence electrons. The first kappa shape index (κ1) is 19.0. The Morgan fingerprint density at radius 3 is 2.24 bits per heavy atom. The molecule has 25 heavy (non-hydrogen) atoms. The fraction of sp³-hybridized carbons (Fsp3) is 0.263. The monoisotopic (exact) mass is 402 g/mol. The van der Waals surface area contributed by atoms with Crippen LogP contribution in [0.2, 0.25) is 0 Å². The number of carbonyl (C=O) groups is 1. The molecule has 0 bridgehead atoms. The van der Waals surface area contributed by atoms with Crippen LogP contribution in [0.5, 0.6) is 0 Å². The molecule has 0 aromatic heterocycles. The number of hydrogen-bond acceptors (Lipinski definition) is 2. The molecule has 2 rings (SSSR count). The largest absolute Gasteiger partial charge is 0.355 e. The van der Waals surface area contributed by atoms with Gasteiger partial charge in [-0.05, 0) is 35.4 Å². The summed E-state index contributed by atoms with van der Waals surface area (Å²) in [6.07, 6.45) is 0. The fourth-order valence-corrected chi connectivity index (χ4v) is 2.69. The predicted molar refractivity (Wildman–Crippen MR) is 106 cm³/mol. The van der Waals surface area contributed by atoms with Gasteiger partial charge in [-0.1, -0.05) is 40.2 Å². The van der Waals surface area contributed by atoms with Crippen molar-refractivity contribution in [2.24, 2.45) is 4.99 Å². The molecule has 0 heterocycles. The molecule has 0 aliphatic carbocycles. The predicted octanol–water partition coefficient (Wildman–Crippen LogP) is 3.02. The van der Waals surface area contributed by atoms with E-state index in [2.05, 4.69) is 48.6 Å². The van der Waals surface area contributed by atoms with E-state index in [-0.39, 0.29) is 5.91 Å². The summed E-state index contributed by atoms with van der Waals surface area (Å²) in [5.41, 5.74) is 2.96. The third kappa shape index (κ3) is 5.60. The molecule has 0 fully saturated rings. The van der Waals surface area contributed by atoms with Gasteiger partial charge in [-0.15, -0.1) is 0 Å². The van der Waals surface area contributed by atoms with E-state index in [0.29, 0.717) is 12.1 Å². The Hall–Kier alpha value is -2.34. The summed E-state index contributed by atoms with van der Waals surface area (Å²) >= 11 is 3.45. The van der Waals surface area contributed by atoms with Crippen LogP contribution in [0, 0.1) is 0 Å². The number of amides is 1. The van der Waals surface area contributed by atoms with E-state index in [0.717, 1.165) is 22.5 Å². The van der Waals surface area contributed by atoms with Gasteiger partial charge in [0.25, 0.3) is 5.91 Å². The van der Waals surface area contributed by atoms with Crippen molar-refractivity contribution in [3.63, 3.8) is 0 Å². The van der Waals surface area contributed by atoms with E-state index in [1.165, 1.54) is 5.56 Å². The van der Waals surface area contributed by atoms with E-state index in [9.17, 15) is 4.79 Å². The first-order chi connectivity index (χ1) is 12.0. The van der Waals surface area contributed by atoms with Gasteiger partial charge in [-0.25, -0.2) is 0 Å². The Bertz CT molecular complexity index is 726. The number of hydrogen-bond donors (Lipinski definition) is 2. The maximum Gasteiger partial charge on any atom is 0.251 e. The smallest absolute Gasteiger partial charge is 0.251 e. The first-order valence-electron chi connectivity index (χ1n) is 8.00. The van der Waals surface area contributed by atoms with Crippen molar-refractivity contribution in [1.82, 2.24) is 15.5 Å². The highest BCUT2D eigenvalue weighted by Crippen LogP contribution is 2.12. The van der Waals surface area contributed by atoms with Crippen LogP contribution < -0.4 is 10.6 Å². The minimum atomic E-state index is -0.0791. The van der Waals surface area contributed by atoms with Crippen LogP contribution in [-0.4, -0.2) is 37.9 Å². The number of nitrogens with one attached hydrogen (secondary N) is 2. The van der Waals surface area contributed by atoms with Gasteiger partial charge in [-0.2, -0.15) is 0 Å². The van der Waals surface area contributed by atoms with Gasteiger partial charge >= 0.3 is 0 Å². The normalized spacial score (nSPS) is 11.1. The Morgan fingerprint density at radius 2 is 1.68 bits per heavy atom. The van der Waals surface area contributed by atoms with E-state index in [1.54, 1.807) is 14.1 Å². The second-order valence-corrected chi connectivity index (χ2v) is 6.58. The van der Waals surface area contributed by atoms with Crippen molar-refractivity contribution in [2.45, 2.75) is 13.1 Å². The van der Waals surface area contributed by atoms with Crippen molar-refractivity contribution in [3.05, 3.63) is 69.7 Å². The third-order valence-corrected chi connectivity index (χ3v) is 4.33. The average molecular weight is 403 g/mol. The van der Waals surface area contributed by atoms with E-state index in [4.69, 9.17) is 0 Å². The van der Waals surface area contributed by atoms with Gasteiger partial charge in [-0.3, -0.25) is 9.79 Å². The lowest BCUT2D eigenvalue weighted by molar-refractivity contribution is 0.0963. The fourth-order valence-electron chi connectivity index (χ4n) is 2.42. The number of nitrogens with zero attached hydrogens (tertiary/aromatic N) is 2. The lowest BCUT2D eigenvalue weighted by Gasteiger charge is -2.22. The minimum absolute atomic E-state index is 0.0791. The lowest BCUT2D eigenvalue weighted by Crippen LogP contribution is -2.38. The van der Waals surface area contributed by atoms with Crippen LogP contribution in [0.15, 0.2) is 58.0 Å². The molecule has 0 unspecified atom stereocenters. The van der Waals surface area contributed by atoms with E-state index >= 15 is 0 Å². The van der Waals surface area contributed by atoms with E-state index < -0.39 is 0 Å². The summed E-state index contributed by atoms with van der Waals surface area (Å²) in [4.78, 5) is 18.0. The molecule has 2 aromatic rings. The molecular weight excluding hydrogens is 380 g/mol. The van der Waals surface area contributed by atoms with Gasteiger partial charge in [0.1, 0.15) is 0 Å². The van der Waals surface area contributed by atoms with Crippen LogP contribution in [0.3, 0.4) is 0 Å². The Balaban J connectivity index is 1.93. The summed E-state index contributed by atoms with van der Waals surface area (Å²) in [7, 11) is 5.41. The topological polar surface area (TPSA) is 56.7 Å². The summed E-state index contributed by atoms with van der Waals surface area (Å²) in [6, 6.07) is 15.8. The highest BCUT2D eigenvalue weighted by atomic mass is 79.9. The molecule has 0 saturated heterocycles.